The summed E-state index contributed by atoms with van der Waals surface area (Å²) in [7, 11) is 1.68. The van der Waals surface area contributed by atoms with Crippen LogP contribution in [0, 0.1) is 5.92 Å². The number of carbonyl (C=O) groups excluding carboxylic acids is 2. The van der Waals surface area contributed by atoms with Crippen LogP contribution in [-0.4, -0.2) is 25.5 Å². The fourth-order valence-corrected chi connectivity index (χ4v) is 4.00. The van der Waals surface area contributed by atoms with Gasteiger partial charge in [-0.1, -0.05) is 25.1 Å². The summed E-state index contributed by atoms with van der Waals surface area (Å²) >= 11 is 1.50. The highest BCUT2D eigenvalue weighted by molar-refractivity contribution is 7.14. The van der Waals surface area contributed by atoms with Crippen molar-refractivity contribution in [1.29, 1.82) is 0 Å². The number of amides is 1. The molecule has 0 N–H and O–H groups in total. The van der Waals surface area contributed by atoms with Crippen molar-refractivity contribution in [3.05, 3.63) is 51.7 Å². The van der Waals surface area contributed by atoms with Gasteiger partial charge in [0.25, 0.3) is 5.91 Å². The van der Waals surface area contributed by atoms with E-state index < -0.39 is 5.97 Å². The second-order valence-corrected chi connectivity index (χ2v) is 7.41. The summed E-state index contributed by atoms with van der Waals surface area (Å²) in [5.74, 6) is 0.0124. The summed E-state index contributed by atoms with van der Waals surface area (Å²) < 4.78 is 5.22. The van der Waals surface area contributed by atoms with Crippen molar-refractivity contribution >= 4 is 28.9 Å². The Labute approximate surface area is 146 Å². The predicted molar refractivity (Wildman–Crippen MR) is 95.6 cm³/mol. The van der Waals surface area contributed by atoms with Gasteiger partial charge in [-0.05, 0) is 48.9 Å². The highest BCUT2D eigenvalue weighted by Gasteiger charge is 2.22. The number of fused-ring (bicyclic) bond motifs is 1. The van der Waals surface area contributed by atoms with Gasteiger partial charge in [-0.3, -0.25) is 4.79 Å². The lowest BCUT2D eigenvalue weighted by molar-refractivity contribution is -0.121. The Morgan fingerprint density at radius 3 is 2.79 bits per heavy atom. The lowest BCUT2D eigenvalue weighted by Crippen LogP contribution is -2.30. The second-order valence-electron chi connectivity index (χ2n) is 6.27. The van der Waals surface area contributed by atoms with Gasteiger partial charge in [-0.2, -0.15) is 0 Å². The summed E-state index contributed by atoms with van der Waals surface area (Å²) in [6, 6.07) is 11.2. The number of benzene rings is 1. The van der Waals surface area contributed by atoms with Crippen LogP contribution in [0.4, 0.5) is 5.69 Å². The lowest BCUT2D eigenvalue weighted by atomic mass is 9.90. The number of hydrogen-bond acceptors (Lipinski definition) is 4. The maximum atomic E-state index is 12.2. The Bertz CT molecular complexity index is 738. The Hall–Kier alpha value is -2.14. The minimum Gasteiger partial charge on any atom is -0.451 e. The average Bonchev–Trinajstić information content (AvgIpc) is 3.02. The van der Waals surface area contributed by atoms with E-state index in [0.717, 1.165) is 18.5 Å². The molecule has 5 heteroatoms. The van der Waals surface area contributed by atoms with Crippen LogP contribution in [0.1, 0.15) is 33.5 Å². The van der Waals surface area contributed by atoms with Gasteiger partial charge in [0.15, 0.2) is 6.61 Å². The fraction of sp³-hybridized carbons (Fsp3) is 0.368. The van der Waals surface area contributed by atoms with Crippen molar-refractivity contribution in [3.63, 3.8) is 0 Å². The summed E-state index contributed by atoms with van der Waals surface area (Å²) in [5.41, 5.74) is 2.04. The fourth-order valence-electron chi connectivity index (χ4n) is 2.90. The Morgan fingerprint density at radius 2 is 2.04 bits per heavy atom. The number of esters is 1. The highest BCUT2D eigenvalue weighted by Crippen LogP contribution is 2.32. The Morgan fingerprint density at radius 1 is 1.29 bits per heavy atom. The third-order valence-corrected chi connectivity index (χ3v) is 5.59. The third-order valence-electron chi connectivity index (χ3n) is 4.37. The van der Waals surface area contributed by atoms with Crippen LogP contribution in [0.25, 0.3) is 0 Å². The number of likely N-dealkylation sites (N-methyl/N-ethyl adjacent to an activating group) is 1. The second kappa shape index (κ2) is 7.18. The number of anilines is 1. The van der Waals surface area contributed by atoms with Crippen LogP contribution in [0.5, 0.6) is 0 Å². The molecule has 0 saturated heterocycles. The van der Waals surface area contributed by atoms with Crippen LogP contribution < -0.4 is 4.90 Å². The number of aryl methyl sites for hydroxylation is 1. The first-order valence-corrected chi connectivity index (χ1v) is 8.96. The SMILES string of the molecule is CC1CCc2sc(C(=O)OCC(=O)N(C)c3ccccc3)cc2C1. The molecule has 0 radical (unpaired) electrons. The molecule has 1 atom stereocenters. The zero-order valence-electron chi connectivity index (χ0n) is 14.0. The summed E-state index contributed by atoms with van der Waals surface area (Å²) in [5, 5.41) is 0. The largest absolute Gasteiger partial charge is 0.451 e. The monoisotopic (exact) mass is 343 g/mol. The summed E-state index contributed by atoms with van der Waals surface area (Å²) in [6.07, 6.45) is 3.22. The van der Waals surface area contributed by atoms with Crippen molar-refractivity contribution < 1.29 is 14.3 Å². The van der Waals surface area contributed by atoms with Gasteiger partial charge < -0.3 is 9.64 Å². The lowest BCUT2D eigenvalue weighted by Gasteiger charge is -2.16. The topological polar surface area (TPSA) is 46.6 Å². The van der Waals surface area contributed by atoms with Crippen molar-refractivity contribution in [2.75, 3.05) is 18.6 Å². The number of thiophene rings is 1. The first-order valence-electron chi connectivity index (χ1n) is 8.15. The first-order chi connectivity index (χ1) is 11.5. The predicted octanol–water partition coefficient (Wildman–Crippen LogP) is 3.69. The number of carbonyl (C=O) groups is 2. The standard InChI is InChI=1S/C19H21NO3S/c1-13-8-9-16-14(10-13)11-17(24-16)19(22)23-12-18(21)20(2)15-6-4-3-5-7-15/h3-7,11,13H,8-10,12H2,1-2H3. The average molecular weight is 343 g/mol. The van der Waals surface area contributed by atoms with Crippen LogP contribution in [0.15, 0.2) is 36.4 Å². The molecular weight excluding hydrogens is 322 g/mol. The molecule has 0 spiro atoms. The van der Waals surface area contributed by atoms with Crippen molar-refractivity contribution in [2.45, 2.75) is 26.2 Å². The molecule has 24 heavy (non-hydrogen) atoms. The molecule has 0 saturated carbocycles. The van der Waals surface area contributed by atoms with Crippen LogP contribution in [0.2, 0.25) is 0 Å². The number of para-hydroxylation sites is 1. The minimum absolute atomic E-state index is 0.246. The van der Waals surface area contributed by atoms with Crippen molar-refractivity contribution in [1.82, 2.24) is 0 Å². The van der Waals surface area contributed by atoms with Gasteiger partial charge in [-0.15, -0.1) is 11.3 Å². The van der Waals surface area contributed by atoms with Crippen LogP contribution >= 0.6 is 11.3 Å². The van der Waals surface area contributed by atoms with Gasteiger partial charge in [-0.25, -0.2) is 4.79 Å². The Balaban J connectivity index is 1.59. The molecule has 0 fully saturated rings. The van der Waals surface area contributed by atoms with E-state index in [4.69, 9.17) is 4.74 Å². The van der Waals surface area contributed by atoms with Gasteiger partial charge in [0.05, 0.1) is 0 Å². The summed E-state index contributed by atoms with van der Waals surface area (Å²) in [4.78, 5) is 27.8. The number of nitrogens with zero attached hydrogens (tertiary/aromatic N) is 1. The maximum absolute atomic E-state index is 12.2. The smallest absolute Gasteiger partial charge is 0.348 e. The van der Waals surface area contributed by atoms with E-state index in [0.29, 0.717) is 10.8 Å². The van der Waals surface area contributed by atoms with Crippen LogP contribution in [0.3, 0.4) is 0 Å². The van der Waals surface area contributed by atoms with E-state index in [2.05, 4.69) is 6.92 Å². The Kier molecular flexibility index (Phi) is 5.00. The van der Waals surface area contributed by atoms with Crippen molar-refractivity contribution in [2.24, 2.45) is 5.92 Å². The zero-order valence-corrected chi connectivity index (χ0v) is 14.8. The highest BCUT2D eigenvalue weighted by atomic mass is 32.1. The number of ether oxygens (including phenoxy) is 1. The van der Waals surface area contributed by atoms with Gasteiger partial charge in [0, 0.05) is 17.6 Å². The third kappa shape index (κ3) is 3.67. The van der Waals surface area contributed by atoms with E-state index in [1.165, 1.54) is 33.1 Å². The minimum atomic E-state index is -0.406. The van der Waals surface area contributed by atoms with Crippen LogP contribution in [-0.2, 0) is 22.4 Å². The molecule has 1 amide bonds. The maximum Gasteiger partial charge on any atom is 0.348 e. The molecule has 4 nitrogen and oxygen atoms in total. The van der Waals surface area contributed by atoms with Gasteiger partial charge >= 0.3 is 5.97 Å². The number of rotatable bonds is 4. The molecule has 1 aliphatic rings. The van der Waals surface area contributed by atoms with E-state index in [1.54, 1.807) is 7.05 Å². The summed E-state index contributed by atoms with van der Waals surface area (Å²) in [6.45, 7) is 1.99. The van der Waals surface area contributed by atoms with E-state index in [1.807, 2.05) is 36.4 Å². The molecule has 126 valence electrons. The number of hydrogen-bond donors (Lipinski definition) is 0. The molecule has 0 aliphatic heterocycles. The van der Waals surface area contributed by atoms with E-state index in [-0.39, 0.29) is 12.5 Å². The van der Waals surface area contributed by atoms with E-state index >= 15 is 0 Å². The zero-order chi connectivity index (χ0) is 17.1. The molecule has 1 heterocycles. The van der Waals surface area contributed by atoms with Gasteiger partial charge in [0.2, 0.25) is 0 Å². The molecule has 1 unspecified atom stereocenters. The van der Waals surface area contributed by atoms with Gasteiger partial charge in [0.1, 0.15) is 4.88 Å². The molecule has 1 aromatic heterocycles. The first kappa shape index (κ1) is 16.7. The molecule has 1 aliphatic carbocycles. The molecule has 1 aromatic carbocycles. The van der Waals surface area contributed by atoms with Crippen molar-refractivity contribution in [3.8, 4) is 0 Å². The van der Waals surface area contributed by atoms with E-state index in [9.17, 15) is 9.59 Å². The normalized spacial score (nSPS) is 16.3. The quantitative estimate of drug-likeness (QED) is 0.796. The molecule has 3 rings (SSSR count). The molecule has 2 aromatic rings. The molecular formula is C19H21NO3S. The molecule has 0 bridgehead atoms.